The molecule has 0 bridgehead atoms. The Hall–Kier alpha value is -5.06. The Bertz CT molecular complexity index is 2560. The predicted octanol–water partition coefficient (Wildman–Crippen LogP) is 12.8. The lowest BCUT2D eigenvalue weighted by molar-refractivity contribution is -0.124. The zero-order valence-electron chi connectivity index (χ0n) is 43.5. The van der Waals surface area contributed by atoms with Crippen molar-refractivity contribution in [1.29, 1.82) is 0 Å². The SMILES string of the molecule is CC(C)(C)OC(=O)c1ccc2c(c1)N(C[C@@H]1CC[C@@]1(C)C=O)C[C@@]1(CCCc3cc(Cl)ccc31)CO2.CC(C)(C)OC(=O)c1ccc2c(c1)N(C[C@H]1CC[C@]1(C)C=O)C[C@@]1(CCCc3cc(Cl)ccc31)CO2. The quantitative estimate of drug-likeness (QED) is 0.125. The van der Waals surface area contributed by atoms with Crippen LogP contribution in [0, 0.1) is 22.7 Å². The molecule has 4 aromatic carbocycles. The van der Waals surface area contributed by atoms with Crippen LogP contribution in [-0.4, -0.2) is 75.1 Å². The number of carbonyl (C=O) groups excluding carboxylic acids is 4. The predicted molar refractivity (Wildman–Crippen MR) is 285 cm³/mol. The largest absolute Gasteiger partial charge is 0.490 e. The second-order valence-electron chi connectivity index (χ2n) is 24.3. The van der Waals surface area contributed by atoms with E-state index >= 15 is 0 Å². The summed E-state index contributed by atoms with van der Waals surface area (Å²) in [7, 11) is 0. The first-order chi connectivity index (χ1) is 34.0. The lowest BCUT2D eigenvalue weighted by Crippen LogP contribution is -2.51. The Kier molecular flexibility index (Phi) is 14.1. The summed E-state index contributed by atoms with van der Waals surface area (Å²) >= 11 is 12.7. The minimum absolute atomic E-state index is 0.190. The summed E-state index contributed by atoms with van der Waals surface area (Å²) < 4.78 is 24.3. The van der Waals surface area contributed by atoms with E-state index in [9.17, 15) is 19.2 Å². The van der Waals surface area contributed by atoms with Gasteiger partial charge < -0.3 is 38.3 Å². The number of nitrogens with zero attached hydrogens (tertiary/aromatic N) is 2. The molecule has 384 valence electrons. The number of anilines is 2. The smallest absolute Gasteiger partial charge is 0.338 e. The van der Waals surface area contributed by atoms with Gasteiger partial charge in [-0.25, -0.2) is 9.59 Å². The van der Waals surface area contributed by atoms with Crippen LogP contribution >= 0.6 is 23.2 Å². The van der Waals surface area contributed by atoms with Crippen molar-refractivity contribution in [1.82, 2.24) is 0 Å². The van der Waals surface area contributed by atoms with E-state index in [2.05, 4.69) is 47.9 Å². The fourth-order valence-corrected chi connectivity index (χ4v) is 12.6. The highest BCUT2D eigenvalue weighted by Crippen LogP contribution is 2.51. The zero-order valence-corrected chi connectivity index (χ0v) is 45.0. The van der Waals surface area contributed by atoms with E-state index in [1.165, 1.54) is 22.3 Å². The van der Waals surface area contributed by atoms with Gasteiger partial charge in [0.2, 0.25) is 0 Å². The van der Waals surface area contributed by atoms with E-state index in [-0.39, 0.29) is 45.4 Å². The van der Waals surface area contributed by atoms with Crippen molar-refractivity contribution in [2.75, 3.05) is 49.2 Å². The summed E-state index contributed by atoms with van der Waals surface area (Å²) in [5.41, 5.74) is 5.87. The summed E-state index contributed by atoms with van der Waals surface area (Å²) in [6, 6.07) is 23.7. The molecular weight excluding hydrogens is 948 g/mol. The number of ether oxygens (including phenoxy) is 4. The number of benzene rings is 4. The van der Waals surface area contributed by atoms with Crippen LogP contribution in [0.3, 0.4) is 0 Å². The first-order valence-electron chi connectivity index (χ1n) is 26.0. The van der Waals surface area contributed by atoms with Gasteiger partial charge in [-0.05, 0) is 201 Å². The highest BCUT2D eigenvalue weighted by atomic mass is 35.5. The molecule has 72 heavy (non-hydrogen) atoms. The standard InChI is InChI=1S/2C30H36ClNO4/c2*1-28(2,3)36-27(34)21-7-10-26-25(15-21)32(16-22-11-13-29(22,4)18-33)17-30(19-35-26)12-5-6-20-14-23(31)8-9-24(20)30/h2*7-10,14-15,18,22H,5-6,11-13,16-17,19H2,1-4H3/t22-,29-,30+;22-,29-,30-/m10/s1. The van der Waals surface area contributed by atoms with Gasteiger partial charge >= 0.3 is 11.9 Å². The lowest BCUT2D eigenvalue weighted by Gasteiger charge is -2.47. The van der Waals surface area contributed by atoms with Crippen LogP contribution < -0.4 is 19.3 Å². The van der Waals surface area contributed by atoms with Gasteiger partial charge in [-0.2, -0.15) is 0 Å². The van der Waals surface area contributed by atoms with E-state index < -0.39 is 11.2 Å². The minimum Gasteiger partial charge on any atom is -0.490 e. The van der Waals surface area contributed by atoms with E-state index in [1.807, 2.05) is 77.9 Å². The van der Waals surface area contributed by atoms with Gasteiger partial charge in [-0.3, -0.25) is 0 Å². The van der Waals surface area contributed by atoms with Gasteiger partial charge in [0.15, 0.2) is 0 Å². The number of hydrogen-bond acceptors (Lipinski definition) is 10. The number of rotatable bonds is 8. The van der Waals surface area contributed by atoms with Crippen molar-refractivity contribution in [2.24, 2.45) is 22.7 Å². The normalized spacial score (nSPS) is 27.2. The van der Waals surface area contributed by atoms with Gasteiger partial charge in [0.1, 0.15) is 35.3 Å². The molecule has 0 amide bonds. The van der Waals surface area contributed by atoms with Crippen molar-refractivity contribution in [2.45, 2.75) is 142 Å². The van der Waals surface area contributed by atoms with Crippen molar-refractivity contribution < 1.29 is 38.1 Å². The molecule has 4 aromatic rings. The average Bonchev–Trinajstić information content (AvgIpc) is 3.58. The monoisotopic (exact) mass is 1020 g/mol. The third kappa shape index (κ3) is 10.5. The average molecular weight is 1020 g/mol. The molecular formula is C60H72Cl2N2O8. The molecule has 2 spiro atoms. The number of aryl methyl sites for hydroxylation is 2. The Balaban J connectivity index is 0.000000178. The fourth-order valence-electron chi connectivity index (χ4n) is 12.2. The number of halogens is 2. The van der Waals surface area contributed by atoms with E-state index in [0.717, 1.165) is 136 Å². The van der Waals surface area contributed by atoms with Gasteiger partial charge in [-0.15, -0.1) is 0 Å². The Morgan fingerprint density at radius 3 is 1.36 bits per heavy atom. The first-order valence-corrected chi connectivity index (χ1v) is 26.8. The number of fused-ring (bicyclic) bond motifs is 6. The summed E-state index contributed by atoms with van der Waals surface area (Å²) in [5, 5.41) is 1.53. The molecule has 2 aliphatic heterocycles. The molecule has 6 aliphatic rings. The molecule has 2 saturated carbocycles. The molecule has 0 aromatic heterocycles. The maximum Gasteiger partial charge on any atom is 0.338 e. The minimum atomic E-state index is -0.574. The molecule has 2 heterocycles. The van der Waals surface area contributed by atoms with Crippen LogP contribution in [0.15, 0.2) is 72.8 Å². The highest BCUT2D eigenvalue weighted by molar-refractivity contribution is 6.31. The van der Waals surface area contributed by atoms with Gasteiger partial charge in [-0.1, -0.05) is 49.2 Å². The number of hydrogen-bond donors (Lipinski definition) is 0. The fraction of sp³-hybridized carbons (Fsp3) is 0.533. The second-order valence-corrected chi connectivity index (χ2v) is 25.2. The first kappa shape index (κ1) is 51.8. The molecule has 10 nitrogen and oxygen atoms in total. The molecule has 0 saturated heterocycles. The van der Waals surface area contributed by atoms with Crippen LogP contribution in [0.4, 0.5) is 11.4 Å². The van der Waals surface area contributed by atoms with Crippen molar-refractivity contribution >= 4 is 59.1 Å². The lowest BCUT2D eigenvalue weighted by atomic mass is 9.62. The molecule has 0 N–H and O–H groups in total. The van der Waals surface area contributed by atoms with Gasteiger partial charge in [0.05, 0.1) is 35.7 Å². The van der Waals surface area contributed by atoms with E-state index in [4.69, 9.17) is 42.1 Å². The third-order valence-electron chi connectivity index (χ3n) is 16.7. The van der Waals surface area contributed by atoms with Crippen molar-refractivity contribution in [3.63, 3.8) is 0 Å². The zero-order chi connectivity index (χ0) is 51.4. The summed E-state index contributed by atoms with van der Waals surface area (Å²) in [6.45, 7) is 19.5. The maximum absolute atomic E-state index is 12.9. The molecule has 0 radical (unpaired) electrons. The Morgan fingerprint density at radius 2 is 1.01 bits per heavy atom. The molecule has 6 atom stereocenters. The number of esters is 2. The summed E-state index contributed by atoms with van der Waals surface area (Å²) in [5.74, 6) is 1.37. The van der Waals surface area contributed by atoms with E-state index in [1.54, 1.807) is 12.1 Å². The second kappa shape index (κ2) is 19.7. The molecule has 10 rings (SSSR count). The maximum atomic E-state index is 12.9. The Labute approximate surface area is 436 Å². The Morgan fingerprint density at radius 1 is 0.611 bits per heavy atom. The van der Waals surface area contributed by atoms with Crippen LogP contribution in [0.1, 0.15) is 150 Å². The summed E-state index contributed by atoms with van der Waals surface area (Å²) in [4.78, 5) is 54.4. The van der Waals surface area contributed by atoms with Gasteiger partial charge in [0, 0.05) is 57.9 Å². The van der Waals surface area contributed by atoms with Crippen LogP contribution in [0.2, 0.25) is 10.0 Å². The number of aldehydes is 2. The molecule has 0 unspecified atom stereocenters. The number of carbonyl (C=O) groups is 4. The molecule has 12 heteroatoms. The molecule has 4 aliphatic carbocycles. The van der Waals surface area contributed by atoms with Crippen molar-refractivity contribution in [3.05, 3.63) is 116 Å². The van der Waals surface area contributed by atoms with Gasteiger partial charge in [0.25, 0.3) is 0 Å². The highest BCUT2D eigenvalue weighted by Gasteiger charge is 2.49. The van der Waals surface area contributed by atoms with Crippen LogP contribution in [0.5, 0.6) is 11.5 Å². The third-order valence-corrected chi connectivity index (χ3v) is 17.2. The van der Waals surface area contributed by atoms with Crippen LogP contribution in [0.25, 0.3) is 0 Å². The van der Waals surface area contributed by atoms with Crippen molar-refractivity contribution in [3.8, 4) is 11.5 Å². The molecule has 2 fully saturated rings. The van der Waals surface area contributed by atoms with E-state index in [0.29, 0.717) is 24.3 Å². The van der Waals surface area contributed by atoms with Crippen LogP contribution in [-0.2, 0) is 42.7 Å². The summed E-state index contributed by atoms with van der Waals surface area (Å²) in [6.07, 6.45) is 12.3. The topological polar surface area (TPSA) is 112 Å².